The number of hydrogen-bond donors (Lipinski definition) is 1. The topological polar surface area (TPSA) is 66.5 Å². The van der Waals surface area contributed by atoms with Gasteiger partial charge in [-0.2, -0.15) is 4.31 Å². The molecule has 0 bridgehead atoms. The van der Waals surface area contributed by atoms with Crippen molar-refractivity contribution in [3.8, 4) is 10.4 Å². The van der Waals surface area contributed by atoms with Gasteiger partial charge in [0.15, 0.2) is 0 Å². The third-order valence-corrected chi connectivity index (χ3v) is 7.96. The van der Waals surface area contributed by atoms with E-state index in [-0.39, 0.29) is 5.91 Å². The summed E-state index contributed by atoms with van der Waals surface area (Å²) < 4.78 is 27.5. The molecular formula is C19H24N2O3S2. The van der Waals surface area contributed by atoms with Crippen LogP contribution in [-0.2, 0) is 10.0 Å². The maximum absolute atomic E-state index is 12.8. The second-order valence-corrected chi connectivity index (χ2v) is 9.67. The second-order valence-electron chi connectivity index (χ2n) is 6.42. The SMILES string of the molecule is CCCNC(=O)c1ccc(-c2ccc(S(=O)(=O)N3CCCCC3)s2)cc1. The molecule has 0 unspecified atom stereocenters. The Morgan fingerprint density at radius 1 is 1.08 bits per heavy atom. The van der Waals surface area contributed by atoms with E-state index in [0.717, 1.165) is 36.1 Å². The lowest BCUT2D eigenvalue weighted by molar-refractivity contribution is 0.0953. The lowest BCUT2D eigenvalue weighted by atomic mass is 10.1. The Bertz CT molecular complexity index is 851. The number of carbonyl (C=O) groups is 1. The Kier molecular flexibility index (Phi) is 6.11. The molecule has 140 valence electrons. The minimum atomic E-state index is -3.39. The van der Waals surface area contributed by atoms with Gasteiger partial charge in [-0.15, -0.1) is 11.3 Å². The number of carbonyl (C=O) groups excluding carboxylic acids is 1. The molecule has 2 aromatic rings. The summed E-state index contributed by atoms with van der Waals surface area (Å²) >= 11 is 1.28. The van der Waals surface area contributed by atoms with Crippen molar-refractivity contribution in [2.24, 2.45) is 0 Å². The lowest BCUT2D eigenvalue weighted by Gasteiger charge is -2.25. The van der Waals surface area contributed by atoms with Crippen LogP contribution in [0.25, 0.3) is 10.4 Å². The van der Waals surface area contributed by atoms with Crippen molar-refractivity contribution in [1.29, 1.82) is 0 Å². The van der Waals surface area contributed by atoms with Crippen LogP contribution in [0, 0.1) is 0 Å². The number of piperidine rings is 1. The molecular weight excluding hydrogens is 368 g/mol. The van der Waals surface area contributed by atoms with Crippen LogP contribution in [0.5, 0.6) is 0 Å². The van der Waals surface area contributed by atoms with Crippen molar-refractivity contribution in [2.75, 3.05) is 19.6 Å². The van der Waals surface area contributed by atoms with Gasteiger partial charge in [0.25, 0.3) is 15.9 Å². The molecule has 0 aliphatic carbocycles. The predicted molar refractivity (Wildman–Crippen MR) is 105 cm³/mol. The van der Waals surface area contributed by atoms with Crippen LogP contribution in [0.1, 0.15) is 43.0 Å². The molecule has 1 amide bonds. The average molecular weight is 393 g/mol. The van der Waals surface area contributed by atoms with Gasteiger partial charge in [0, 0.05) is 30.1 Å². The highest BCUT2D eigenvalue weighted by Crippen LogP contribution is 2.33. The largest absolute Gasteiger partial charge is 0.352 e. The molecule has 3 rings (SSSR count). The number of thiophene rings is 1. The van der Waals surface area contributed by atoms with E-state index < -0.39 is 10.0 Å². The van der Waals surface area contributed by atoms with Gasteiger partial charge in [-0.1, -0.05) is 25.5 Å². The highest BCUT2D eigenvalue weighted by atomic mass is 32.2. The van der Waals surface area contributed by atoms with Gasteiger partial charge in [-0.3, -0.25) is 4.79 Å². The van der Waals surface area contributed by atoms with Crippen LogP contribution in [0.2, 0.25) is 0 Å². The number of rotatable bonds is 6. The number of nitrogens with zero attached hydrogens (tertiary/aromatic N) is 1. The summed E-state index contributed by atoms with van der Waals surface area (Å²) in [7, 11) is -3.39. The number of hydrogen-bond acceptors (Lipinski definition) is 4. The van der Waals surface area contributed by atoms with Gasteiger partial charge in [0.2, 0.25) is 0 Å². The summed E-state index contributed by atoms with van der Waals surface area (Å²) in [6, 6.07) is 10.8. The Morgan fingerprint density at radius 2 is 1.77 bits per heavy atom. The van der Waals surface area contributed by atoms with Gasteiger partial charge < -0.3 is 5.32 Å². The van der Waals surface area contributed by atoms with E-state index in [1.807, 2.05) is 25.1 Å². The second kappa shape index (κ2) is 8.33. The molecule has 0 saturated carbocycles. The average Bonchev–Trinajstić information content (AvgIpc) is 3.18. The summed E-state index contributed by atoms with van der Waals surface area (Å²) in [5.41, 5.74) is 1.53. The number of benzene rings is 1. The molecule has 2 heterocycles. The maximum atomic E-state index is 12.8. The Hall–Kier alpha value is -1.70. The van der Waals surface area contributed by atoms with E-state index >= 15 is 0 Å². The monoisotopic (exact) mass is 392 g/mol. The molecule has 0 radical (unpaired) electrons. The zero-order chi connectivity index (χ0) is 18.6. The smallest absolute Gasteiger partial charge is 0.252 e. The number of amides is 1. The molecule has 1 fully saturated rings. The number of sulfonamides is 1. The van der Waals surface area contributed by atoms with Crippen LogP contribution in [0.4, 0.5) is 0 Å². The minimum absolute atomic E-state index is 0.0852. The van der Waals surface area contributed by atoms with Gasteiger partial charge >= 0.3 is 0 Å². The first-order valence-corrected chi connectivity index (χ1v) is 11.3. The van der Waals surface area contributed by atoms with Gasteiger partial charge in [0.1, 0.15) is 4.21 Å². The maximum Gasteiger partial charge on any atom is 0.252 e. The predicted octanol–water partition coefficient (Wildman–Crippen LogP) is 3.73. The normalized spacial score (nSPS) is 15.7. The zero-order valence-electron chi connectivity index (χ0n) is 14.9. The Labute approximate surface area is 159 Å². The van der Waals surface area contributed by atoms with Crippen LogP contribution >= 0.6 is 11.3 Å². The van der Waals surface area contributed by atoms with Crippen LogP contribution in [-0.4, -0.2) is 38.3 Å². The standard InChI is InChI=1S/C19H24N2O3S2/c1-2-12-20-19(22)16-8-6-15(7-9-16)17-10-11-18(25-17)26(23,24)21-13-4-3-5-14-21/h6-11H,2-5,12-14H2,1H3,(H,20,22). The minimum Gasteiger partial charge on any atom is -0.352 e. The van der Waals surface area contributed by atoms with Gasteiger partial charge in [0.05, 0.1) is 0 Å². The Morgan fingerprint density at radius 3 is 2.42 bits per heavy atom. The first-order valence-electron chi connectivity index (χ1n) is 9.01. The van der Waals surface area contributed by atoms with E-state index in [4.69, 9.17) is 0 Å². The van der Waals surface area contributed by atoms with E-state index in [0.29, 0.717) is 29.4 Å². The molecule has 7 heteroatoms. The highest BCUT2D eigenvalue weighted by Gasteiger charge is 2.27. The summed E-state index contributed by atoms with van der Waals surface area (Å²) in [6.07, 6.45) is 3.85. The molecule has 26 heavy (non-hydrogen) atoms. The summed E-state index contributed by atoms with van der Waals surface area (Å²) in [4.78, 5) is 12.9. The third-order valence-electron chi connectivity index (χ3n) is 4.46. The van der Waals surface area contributed by atoms with Crippen molar-refractivity contribution in [1.82, 2.24) is 9.62 Å². The molecule has 1 aromatic heterocycles. The van der Waals surface area contributed by atoms with Crippen LogP contribution in [0.3, 0.4) is 0 Å². The summed E-state index contributed by atoms with van der Waals surface area (Å²) in [6.45, 7) is 3.88. The number of nitrogens with one attached hydrogen (secondary N) is 1. The van der Waals surface area contributed by atoms with E-state index in [1.54, 1.807) is 22.5 Å². The fraction of sp³-hybridized carbons (Fsp3) is 0.421. The molecule has 0 spiro atoms. The first-order chi connectivity index (χ1) is 12.5. The zero-order valence-corrected chi connectivity index (χ0v) is 16.5. The van der Waals surface area contributed by atoms with Gasteiger partial charge in [-0.25, -0.2) is 8.42 Å². The van der Waals surface area contributed by atoms with E-state index in [9.17, 15) is 13.2 Å². The van der Waals surface area contributed by atoms with Crippen molar-refractivity contribution < 1.29 is 13.2 Å². The van der Waals surface area contributed by atoms with E-state index in [2.05, 4.69) is 5.32 Å². The highest BCUT2D eigenvalue weighted by molar-refractivity contribution is 7.91. The third kappa shape index (κ3) is 4.16. The van der Waals surface area contributed by atoms with Crippen molar-refractivity contribution in [3.63, 3.8) is 0 Å². The van der Waals surface area contributed by atoms with Crippen LogP contribution < -0.4 is 5.32 Å². The molecule has 1 aliphatic rings. The Balaban J connectivity index is 1.76. The molecule has 5 nitrogen and oxygen atoms in total. The quantitative estimate of drug-likeness (QED) is 0.814. The van der Waals surface area contributed by atoms with Gasteiger partial charge in [-0.05, 0) is 49.1 Å². The fourth-order valence-electron chi connectivity index (χ4n) is 2.97. The molecule has 1 N–H and O–H groups in total. The van der Waals surface area contributed by atoms with Crippen LogP contribution in [0.15, 0.2) is 40.6 Å². The van der Waals surface area contributed by atoms with Crippen molar-refractivity contribution in [2.45, 2.75) is 36.8 Å². The first kappa shape index (κ1) is 19.1. The van der Waals surface area contributed by atoms with Crippen molar-refractivity contribution >= 4 is 27.3 Å². The summed E-state index contributed by atoms with van der Waals surface area (Å²) in [5.74, 6) is -0.0852. The lowest BCUT2D eigenvalue weighted by Crippen LogP contribution is -2.35. The molecule has 1 saturated heterocycles. The molecule has 0 atom stereocenters. The summed E-state index contributed by atoms with van der Waals surface area (Å²) in [5, 5.41) is 2.85. The molecule has 1 aliphatic heterocycles. The van der Waals surface area contributed by atoms with Crippen molar-refractivity contribution in [3.05, 3.63) is 42.0 Å². The van der Waals surface area contributed by atoms with E-state index in [1.165, 1.54) is 11.3 Å². The fourth-order valence-corrected chi connectivity index (χ4v) is 5.96. The molecule has 1 aromatic carbocycles.